The summed E-state index contributed by atoms with van der Waals surface area (Å²) in [6, 6.07) is 42.7. The van der Waals surface area contributed by atoms with E-state index < -0.39 is 23.0 Å². The molecule has 0 radical (unpaired) electrons. The van der Waals surface area contributed by atoms with Gasteiger partial charge in [0.1, 0.15) is 10.9 Å². The third-order valence-electron chi connectivity index (χ3n) is 7.82. The number of hydrogen-bond acceptors (Lipinski definition) is 5. The molecule has 0 saturated heterocycles. The molecule has 8 nitrogen and oxygen atoms in total. The summed E-state index contributed by atoms with van der Waals surface area (Å²) in [4.78, 5) is 52.8. The molecule has 0 aliphatic rings. The van der Waals surface area contributed by atoms with Crippen molar-refractivity contribution in [3.63, 3.8) is 0 Å². The molecule has 6 aromatic rings. The highest BCUT2D eigenvalue weighted by Crippen LogP contribution is 2.37. The minimum absolute atomic E-state index is 0.0627. The number of halogens is 1. The number of benzene rings is 6. The van der Waals surface area contributed by atoms with Crippen LogP contribution >= 0.6 is 23.4 Å². The maximum absolute atomic E-state index is 13.7. The summed E-state index contributed by atoms with van der Waals surface area (Å²) >= 11 is 7.30. The lowest BCUT2D eigenvalue weighted by Crippen LogP contribution is -2.30. The van der Waals surface area contributed by atoms with Gasteiger partial charge in [0.05, 0.1) is 10.6 Å². The van der Waals surface area contributed by atoms with Crippen molar-refractivity contribution in [1.82, 2.24) is 5.32 Å². The zero-order valence-electron chi connectivity index (χ0n) is 26.9. The van der Waals surface area contributed by atoms with Crippen molar-refractivity contribution in [2.45, 2.75) is 10.1 Å². The van der Waals surface area contributed by atoms with Crippen molar-refractivity contribution in [3.05, 3.63) is 179 Å². The Hall–Kier alpha value is -6.16. The number of carbonyl (C=O) groups is 4. The van der Waals surface area contributed by atoms with Gasteiger partial charge in [-0.25, -0.2) is 4.79 Å². The summed E-state index contributed by atoms with van der Waals surface area (Å²) in [6.45, 7) is 0. The molecule has 6 rings (SSSR count). The van der Waals surface area contributed by atoms with Gasteiger partial charge in [-0.3, -0.25) is 14.4 Å². The van der Waals surface area contributed by atoms with Crippen molar-refractivity contribution in [2.75, 3.05) is 10.6 Å². The Morgan fingerprint density at radius 1 is 0.686 bits per heavy atom. The molecule has 3 amide bonds. The van der Waals surface area contributed by atoms with Crippen LogP contribution in [0.2, 0.25) is 5.02 Å². The van der Waals surface area contributed by atoms with Crippen LogP contribution in [0.5, 0.6) is 0 Å². The Balaban J connectivity index is 1.22. The number of hydrogen-bond donors (Lipinski definition) is 4. The lowest BCUT2D eigenvalue weighted by Gasteiger charge is -2.18. The zero-order valence-corrected chi connectivity index (χ0v) is 28.4. The number of aromatic carboxylic acids is 1. The zero-order chi connectivity index (χ0) is 35.7. The molecule has 0 aliphatic heterocycles. The van der Waals surface area contributed by atoms with Crippen molar-refractivity contribution < 1.29 is 24.3 Å². The minimum atomic E-state index is -1.20. The molecule has 0 bridgehead atoms. The van der Waals surface area contributed by atoms with E-state index in [-0.39, 0.29) is 22.2 Å². The van der Waals surface area contributed by atoms with Gasteiger partial charge in [-0.2, -0.15) is 0 Å². The van der Waals surface area contributed by atoms with E-state index in [0.29, 0.717) is 16.9 Å². The highest BCUT2D eigenvalue weighted by Gasteiger charge is 2.23. The van der Waals surface area contributed by atoms with Crippen LogP contribution in [-0.2, 0) is 9.59 Å². The summed E-state index contributed by atoms with van der Waals surface area (Å²) in [6.07, 6.45) is 1.66. The predicted molar refractivity (Wildman–Crippen MR) is 203 cm³/mol. The number of carboxylic acid groups (broad SMARTS) is 1. The van der Waals surface area contributed by atoms with E-state index in [2.05, 4.69) is 16.0 Å². The first-order chi connectivity index (χ1) is 24.7. The van der Waals surface area contributed by atoms with E-state index in [1.807, 2.05) is 78.9 Å². The molecule has 0 saturated carbocycles. The summed E-state index contributed by atoms with van der Waals surface area (Å²) in [5.74, 6) is -2.50. The molecule has 0 spiro atoms. The molecule has 0 heterocycles. The van der Waals surface area contributed by atoms with Crippen LogP contribution in [0.25, 0.3) is 16.8 Å². The topological polar surface area (TPSA) is 125 Å². The molecule has 0 aromatic heterocycles. The van der Waals surface area contributed by atoms with Gasteiger partial charge in [0.15, 0.2) is 0 Å². The van der Waals surface area contributed by atoms with Crippen LogP contribution in [0, 0.1) is 0 Å². The van der Waals surface area contributed by atoms with Gasteiger partial charge in [-0.1, -0.05) is 103 Å². The van der Waals surface area contributed by atoms with Crippen molar-refractivity contribution in [3.8, 4) is 0 Å². The van der Waals surface area contributed by atoms with Gasteiger partial charge in [0.25, 0.3) is 11.8 Å². The third kappa shape index (κ3) is 8.72. The smallest absolute Gasteiger partial charge is 0.337 e. The van der Waals surface area contributed by atoms with Crippen molar-refractivity contribution >= 4 is 75.3 Å². The monoisotopic (exact) mass is 711 g/mol. The largest absolute Gasteiger partial charge is 0.478 e. The van der Waals surface area contributed by atoms with Gasteiger partial charge in [0, 0.05) is 21.8 Å². The summed E-state index contributed by atoms with van der Waals surface area (Å²) in [7, 11) is 0. The van der Waals surface area contributed by atoms with E-state index in [9.17, 15) is 24.3 Å². The number of thioether (sulfide) groups is 1. The van der Waals surface area contributed by atoms with Crippen molar-refractivity contribution in [1.29, 1.82) is 0 Å². The third-order valence-corrected chi connectivity index (χ3v) is 9.42. The molecular weight excluding hydrogens is 682 g/mol. The first kappa shape index (κ1) is 34.7. The Morgan fingerprint density at radius 3 is 2.06 bits per heavy atom. The Morgan fingerprint density at radius 2 is 1.33 bits per heavy atom. The number of amides is 3. The molecule has 1 atom stereocenters. The van der Waals surface area contributed by atoms with Crippen LogP contribution in [0.4, 0.5) is 11.4 Å². The lowest BCUT2D eigenvalue weighted by atomic mass is 10.0. The number of carbonyl (C=O) groups excluding carboxylic acids is 3. The van der Waals surface area contributed by atoms with Gasteiger partial charge < -0.3 is 21.1 Å². The maximum atomic E-state index is 13.7. The standard InChI is InChI=1S/C41H30ClN3O5S/c42-35-23-20-31(25-34(35)41(49)50)44-40(48)37(27-11-3-1-4-12-27)51-32-21-18-30(19-22-32)43-39(47)36(45-38(46)28-13-5-2-6-14-28)24-29-16-9-15-26-10-7-8-17-33(26)29/h1-25,37H,(H,43,47)(H,44,48)(H,45,46)(H,49,50)/b36-24-. The second kappa shape index (κ2) is 16.0. The van der Waals surface area contributed by atoms with Crippen LogP contribution in [0.3, 0.4) is 0 Å². The van der Waals surface area contributed by atoms with E-state index >= 15 is 0 Å². The normalized spacial score (nSPS) is 11.7. The molecule has 1 unspecified atom stereocenters. The van der Waals surface area contributed by atoms with E-state index in [0.717, 1.165) is 26.8 Å². The fourth-order valence-electron chi connectivity index (χ4n) is 5.30. The Labute approximate surface area is 303 Å². The number of fused-ring (bicyclic) bond motifs is 1. The Bertz CT molecular complexity index is 2260. The summed E-state index contributed by atoms with van der Waals surface area (Å²) < 4.78 is 0. The van der Waals surface area contributed by atoms with Crippen LogP contribution in [0.1, 0.15) is 37.1 Å². The van der Waals surface area contributed by atoms with Crippen molar-refractivity contribution in [2.24, 2.45) is 0 Å². The van der Waals surface area contributed by atoms with Crippen LogP contribution < -0.4 is 16.0 Å². The first-order valence-electron chi connectivity index (χ1n) is 15.8. The van der Waals surface area contributed by atoms with Gasteiger partial charge in [-0.15, -0.1) is 11.8 Å². The number of carboxylic acids is 1. The highest BCUT2D eigenvalue weighted by molar-refractivity contribution is 8.00. The SMILES string of the molecule is O=C(Nc1ccc(SC(C(=O)Nc2ccc(Cl)c(C(=O)O)c2)c2ccccc2)cc1)/C(=C/c1cccc2ccccc12)NC(=O)c1ccccc1. The maximum Gasteiger partial charge on any atom is 0.337 e. The molecule has 6 aromatic carbocycles. The number of rotatable bonds is 11. The quantitative estimate of drug-likeness (QED) is 0.0785. The number of anilines is 2. The number of nitrogens with one attached hydrogen (secondary N) is 3. The fourth-order valence-corrected chi connectivity index (χ4v) is 6.52. The average molecular weight is 712 g/mol. The fraction of sp³-hybridized carbons (Fsp3) is 0.0244. The van der Waals surface area contributed by atoms with E-state index in [1.165, 1.54) is 23.9 Å². The van der Waals surface area contributed by atoms with Gasteiger partial charge >= 0.3 is 5.97 Å². The van der Waals surface area contributed by atoms with Crippen LogP contribution in [-0.4, -0.2) is 28.8 Å². The molecule has 10 heteroatoms. The first-order valence-corrected chi connectivity index (χ1v) is 17.0. The molecule has 252 valence electrons. The minimum Gasteiger partial charge on any atom is -0.478 e. The lowest BCUT2D eigenvalue weighted by molar-refractivity contribution is -0.116. The molecular formula is C41H30ClN3O5S. The summed E-state index contributed by atoms with van der Waals surface area (Å²) in [5.41, 5.74) is 2.63. The highest BCUT2D eigenvalue weighted by atomic mass is 35.5. The van der Waals surface area contributed by atoms with Gasteiger partial charge in [0.2, 0.25) is 5.91 Å². The van der Waals surface area contributed by atoms with Gasteiger partial charge in [-0.05, 0) is 82.6 Å². The second-order valence-electron chi connectivity index (χ2n) is 11.3. The van der Waals surface area contributed by atoms with Crippen LogP contribution in [0.15, 0.2) is 156 Å². The molecule has 4 N–H and O–H groups in total. The Kier molecular flexibility index (Phi) is 10.9. The average Bonchev–Trinajstić information content (AvgIpc) is 3.15. The second-order valence-corrected chi connectivity index (χ2v) is 12.9. The molecule has 51 heavy (non-hydrogen) atoms. The predicted octanol–water partition coefficient (Wildman–Crippen LogP) is 9.07. The van der Waals surface area contributed by atoms with E-state index in [1.54, 1.807) is 60.7 Å². The molecule has 0 fully saturated rings. The molecule has 0 aliphatic carbocycles. The summed E-state index contributed by atoms with van der Waals surface area (Å²) in [5, 5.41) is 19.2. The van der Waals surface area contributed by atoms with E-state index in [4.69, 9.17) is 11.6 Å².